The Hall–Kier alpha value is -1.36. The highest BCUT2D eigenvalue weighted by atomic mass is 16.2. The summed E-state index contributed by atoms with van der Waals surface area (Å²) in [6.45, 7) is 1.62. The fourth-order valence-electron chi connectivity index (χ4n) is 2.11. The molecule has 0 spiro atoms. The molecule has 17 heavy (non-hydrogen) atoms. The van der Waals surface area contributed by atoms with Crippen LogP contribution in [0, 0.1) is 0 Å². The van der Waals surface area contributed by atoms with Gasteiger partial charge in [-0.15, -0.1) is 0 Å². The van der Waals surface area contributed by atoms with Crippen molar-refractivity contribution in [3.63, 3.8) is 0 Å². The second-order valence-corrected chi connectivity index (χ2v) is 4.52. The van der Waals surface area contributed by atoms with Gasteiger partial charge in [-0.05, 0) is 25.5 Å². The Morgan fingerprint density at radius 2 is 2.53 bits per heavy atom. The van der Waals surface area contributed by atoms with Gasteiger partial charge < -0.3 is 10.6 Å². The van der Waals surface area contributed by atoms with E-state index in [1.54, 1.807) is 4.68 Å². The van der Waals surface area contributed by atoms with E-state index in [1.807, 2.05) is 19.3 Å². The zero-order chi connectivity index (χ0) is 12.1. The predicted molar refractivity (Wildman–Crippen MR) is 65.6 cm³/mol. The van der Waals surface area contributed by atoms with Gasteiger partial charge in [-0.25, -0.2) is 0 Å². The van der Waals surface area contributed by atoms with E-state index in [0.717, 1.165) is 31.5 Å². The largest absolute Gasteiger partial charge is 0.354 e. The van der Waals surface area contributed by atoms with E-state index < -0.39 is 0 Å². The number of amides is 1. The summed E-state index contributed by atoms with van der Waals surface area (Å²) in [6.07, 6.45) is 5.98. The van der Waals surface area contributed by atoms with Crippen molar-refractivity contribution in [1.29, 1.82) is 0 Å². The van der Waals surface area contributed by atoms with Crippen LogP contribution in [-0.2, 0) is 18.3 Å². The lowest BCUT2D eigenvalue weighted by Crippen LogP contribution is -2.47. The quantitative estimate of drug-likeness (QED) is 0.786. The molecule has 1 fully saturated rings. The minimum atomic E-state index is 0.00693. The third-order valence-electron chi connectivity index (χ3n) is 3.08. The van der Waals surface area contributed by atoms with Crippen LogP contribution in [0.4, 0.5) is 0 Å². The minimum Gasteiger partial charge on any atom is -0.354 e. The molecule has 2 heterocycles. The summed E-state index contributed by atoms with van der Waals surface area (Å²) >= 11 is 0. The molecule has 0 unspecified atom stereocenters. The van der Waals surface area contributed by atoms with Crippen LogP contribution < -0.4 is 10.6 Å². The Morgan fingerprint density at radius 1 is 1.65 bits per heavy atom. The number of aromatic nitrogens is 2. The molecule has 94 valence electrons. The number of piperidine rings is 1. The number of rotatable bonds is 4. The van der Waals surface area contributed by atoms with Crippen molar-refractivity contribution in [3.8, 4) is 0 Å². The predicted octanol–water partition coefficient (Wildman–Crippen LogP) is 0.221. The Balaban J connectivity index is 1.69. The number of aryl methyl sites for hydroxylation is 1. The molecule has 1 amide bonds. The molecule has 1 aromatic rings. The van der Waals surface area contributed by atoms with Crippen molar-refractivity contribution < 1.29 is 4.79 Å². The molecule has 1 aromatic heterocycles. The van der Waals surface area contributed by atoms with Crippen LogP contribution in [0.5, 0.6) is 0 Å². The molecule has 0 saturated carbocycles. The number of carbonyl (C=O) groups excluding carboxylic acids is 1. The summed E-state index contributed by atoms with van der Waals surface area (Å²) in [7, 11) is 1.90. The van der Waals surface area contributed by atoms with E-state index in [1.165, 1.54) is 6.42 Å². The molecule has 5 heteroatoms. The molecule has 1 aliphatic rings. The van der Waals surface area contributed by atoms with Gasteiger partial charge in [0.25, 0.3) is 0 Å². The molecule has 1 atom stereocenters. The maximum Gasteiger partial charge on any atom is 0.237 e. The van der Waals surface area contributed by atoms with Crippen LogP contribution in [-0.4, -0.2) is 34.8 Å². The van der Waals surface area contributed by atoms with Crippen molar-refractivity contribution in [2.24, 2.45) is 7.05 Å². The Kier molecular flexibility index (Phi) is 4.14. The first-order valence-corrected chi connectivity index (χ1v) is 6.25. The smallest absolute Gasteiger partial charge is 0.237 e. The summed E-state index contributed by atoms with van der Waals surface area (Å²) < 4.78 is 1.78. The summed E-state index contributed by atoms with van der Waals surface area (Å²) in [5.41, 5.74) is 1.02. The third kappa shape index (κ3) is 3.56. The second kappa shape index (κ2) is 5.82. The highest BCUT2D eigenvalue weighted by Gasteiger charge is 2.19. The number of hydrogen-bond donors (Lipinski definition) is 2. The zero-order valence-electron chi connectivity index (χ0n) is 10.3. The van der Waals surface area contributed by atoms with Gasteiger partial charge in [0.15, 0.2) is 0 Å². The molecule has 1 aliphatic heterocycles. The molecule has 5 nitrogen and oxygen atoms in total. The van der Waals surface area contributed by atoms with E-state index >= 15 is 0 Å². The van der Waals surface area contributed by atoms with Crippen LogP contribution in [0.1, 0.15) is 25.0 Å². The third-order valence-corrected chi connectivity index (χ3v) is 3.08. The van der Waals surface area contributed by atoms with Crippen LogP contribution >= 0.6 is 0 Å². The van der Waals surface area contributed by atoms with Crippen molar-refractivity contribution in [1.82, 2.24) is 20.4 Å². The van der Waals surface area contributed by atoms with E-state index in [2.05, 4.69) is 15.7 Å². The first-order valence-electron chi connectivity index (χ1n) is 6.25. The molecule has 0 bridgehead atoms. The van der Waals surface area contributed by atoms with Crippen LogP contribution in [0.2, 0.25) is 0 Å². The van der Waals surface area contributed by atoms with Gasteiger partial charge in [0.1, 0.15) is 0 Å². The minimum absolute atomic E-state index is 0.00693. The maximum atomic E-state index is 11.8. The molecule has 2 rings (SSSR count). The molecule has 0 aliphatic carbocycles. The van der Waals surface area contributed by atoms with E-state index in [9.17, 15) is 4.79 Å². The summed E-state index contributed by atoms with van der Waals surface area (Å²) in [5.74, 6) is 0.126. The maximum absolute atomic E-state index is 11.8. The standard InChI is InChI=1S/C12H20N4O/c1-16-9-6-10(15-16)5-8-14-12(17)11-4-2-3-7-13-11/h6,9,11,13H,2-5,7-8H2,1H3,(H,14,17)/t11-/m1/s1. The molecular weight excluding hydrogens is 216 g/mol. The topological polar surface area (TPSA) is 59.0 Å². The van der Waals surface area contributed by atoms with Crippen molar-refractivity contribution >= 4 is 5.91 Å². The van der Waals surface area contributed by atoms with E-state index in [4.69, 9.17) is 0 Å². The number of carbonyl (C=O) groups is 1. The Labute approximate surface area is 102 Å². The van der Waals surface area contributed by atoms with Gasteiger partial charge in [-0.1, -0.05) is 6.42 Å². The molecule has 0 aromatic carbocycles. The average Bonchev–Trinajstić information content (AvgIpc) is 2.76. The SMILES string of the molecule is Cn1ccc(CCNC(=O)[C@H]2CCCCN2)n1. The summed E-state index contributed by atoms with van der Waals surface area (Å²) in [4.78, 5) is 11.8. The summed E-state index contributed by atoms with van der Waals surface area (Å²) in [5, 5.41) is 10.5. The van der Waals surface area contributed by atoms with Crippen molar-refractivity contribution in [2.75, 3.05) is 13.1 Å². The lowest BCUT2D eigenvalue weighted by atomic mass is 10.0. The van der Waals surface area contributed by atoms with Crippen molar-refractivity contribution in [3.05, 3.63) is 18.0 Å². The van der Waals surface area contributed by atoms with Gasteiger partial charge in [0.2, 0.25) is 5.91 Å². The lowest BCUT2D eigenvalue weighted by Gasteiger charge is -2.22. The lowest BCUT2D eigenvalue weighted by molar-refractivity contribution is -0.123. The highest BCUT2D eigenvalue weighted by Crippen LogP contribution is 2.06. The molecule has 2 N–H and O–H groups in total. The number of nitrogens with one attached hydrogen (secondary N) is 2. The fourth-order valence-corrected chi connectivity index (χ4v) is 2.11. The summed E-state index contributed by atoms with van der Waals surface area (Å²) in [6, 6.07) is 1.98. The van der Waals surface area contributed by atoms with Gasteiger partial charge in [-0.2, -0.15) is 5.10 Å². The molecule has 0 radical (unpaired) electrons. The van der Waals surface area contributed by atoms with Gasteiger partial charge in [-0.3, -0.25) is 9.48 Å². The average molecular weight is 236 g/mol. The van der Waals surface area contributed by atoms with Gasteiger partial charge in [0, 0.05) is 26.2 Å². The number of hydrogen-bond acceptors (Lipinski definition) is 3. The first kappa shape index (κ1) is 12.1. The van der Waals surface area contributed by atoms with Crippen LogP contribution in [0.15, 0.2) is 12.3 Å². The molecule has 1 saturated heterocycles. The van der Waals surface area contributed by atoms with Gasteiger partial charge in [0.05, 0.1) is 11.7 Å². The zero-order valence-corrected chi connectivity index (χ0v) is 10.3. The van der Waals surface area contributed by atoms with Crippen molar-refractivity contribution in [2.45, 2.75) is 31.7 Å². The van der Waals surface area contributed by atoms with Gasteiger partial charge >= 0.3 is 0 Å². The highest BCUT2D eigenvalue weighted by molar-refractivity contribution is 5.81. The number of nitrogens with zero attached hydrogens (tertiary/aromatic N) is 2. The fraction of sp³-hybridized carbons (Fsp3) is 0.667. The van der Waals surface area contributed by atoms with Crippen LogP contribution in [0.25, 0.3) is 0 Å². The Morgan fingerprint density at radius 3 is 3.18 bits per heavy atom. The Bertz CT molecular complexity index is 368. The molecular formula is C12H20N4O. The van der Waals surface area contributed by atoms with Crippen LogP contribution in [0.3, 0.4) is 0 Å². The second-order valence-electron chi connectivity index (χ2n) is 4.52. The van der Waals surface area contributed by atoms with E-state index in [0.29, 0.717) is 6.54 Å². The first-order chi connectivity index (χ1) is 8.25. The van der Waals surface area contributed by atoms with E-state index in [-0.39, 0.29) is 11.9 Å². The monoisotopic (exact) mass is 236 g/mol. The normalized spacial score (nSPS) is 20.2.